The van der Waals surface area contributed by atoms with Gasteiger partial charge in [0.05, 0.1) is 0 Å². The van der Waals surface area contributed by atoms with E-state index in [0.717, 1.165) is 5.56 Å². The van der Waals surface area contributed by atoms with E-state index in [0.29, 0.717) is 19.0 Å². The molecule has 1 heterocycles. The molecule has 1 aromatic rings. The van der Waals surface area contributed by atoms with Crippen LogP contribution in [0, 0.1) is 5.92 Å². The Bertz CT molecular complexity index is 370. The predicted molar refractivity (Wildman–Crippen MR) is 59.4 cm³/mol. The largest absolute Gasteiger partial charge is 0.367 e. The van der Waals surface area contributed by atoms with Crippen LogP contribution in [-0.2, 0) is 16.8 Å². The van der Waals surface area contributed by atoms with Crippen molar-refractivity contribution in [1.82, 2.24) is 14.4 Å². The van der Waals surface area contributed by atoms with Gasteiger partial charge in [0.1, 0.15) is 0 Å². The second kappa shape index (κ2) is 5.29. The number of aromatic nitrogens is 1. The van der Waals surface area contributed by atoms with Crippen molar-refractivity contribution in [3.8, 4) is 0 Å². The number of nitrogens with one attached hydrogen (secondary N) is 3. The molecule has 0 aliphatic heterocycles. The molecule has 5 nitrogen and oxygen atoms in total. The number of rotatable bonds is 6. The number of H-pyrrole nitrogens is 1. The topological polar surface area (TPSA) is 74.0 Å². The van der Waals surface area contributed by atoms with Crippen LogP contribution in [0.15, 0.2) is 18.5 Å². The third kappa shape index (κ3) is 4.96. The summed E-state index contributed by atoms with van der Waals surface area (Å²) >= 11 is 0. The molecule has 0 fully saturated rings. The molecule has 0 atom stereocenters. The smallest absolute Gasteiger partial charge is 0.277 e. The molecule has 6 heteroatoms. The molecule has 1 rings (SSSR count). The normalized spacial score (nSPS) is 12.2. The van der Waals surface area contributed by atoms with Crippen molar-refractivity contribution < 1.29 is 8.42 Å². The summed E-state index contributed by atoms with van der Waals surface area (Å²) in [6.07, 6.45) is 3.51. The molecule has 3 N–H and O–H groups in total. The average Bonchev–Trinajstić information content (AvgIpc) is 2.65. The fourth-order valence-electron chi connectivity index (χ4n) is 0.974. The van der Waals surface area contributed by atoms with Crippen LogP contribution < -0.4 is 9.44 Å². The molecule has 0 aromatic carbocycles. The van der Waals surface area contributed by atoms with E-state index < -0.39 is 10.2 Å². The first-order valence-corrected chi connectivity index (χ1v) is 6.34. The van der Waals surface area contributed by atoms with Crippen molar-refractivity contribution in [3.63, 3.8) is 0 Å². The zero-order chi connectivity index (χ0) is 11.3. The number of aromatic amines is 1. The van der Waals surface area contributed by atoms with Crippen molar-refractivity contribution >= 4 is 10.2 Å². The molecule has 0 aliphatic carbocycles. The molecule has 0 saturated heterocycles. The summed E-state index contributed by atoms with van der Waals surface area (Å²) in [6, 6.07) is 1.82. The van der Waals surface area contributed by atoms with Gasteiger partial charge in [0, 0.05) is 25.5 Å². The Labute approximate surface area is 90.5 Å². The number of hydrogen-bond acceptors (Lipinski definition) is 2. The van der Waals surface area contributed by atoms with Gasteiger partial charge in [-0.15, -0.1) is 0 Å². The highest BCUT2D eigenvalue weighted by Crippen LogP contribution is 1.96. The first-order valence-electron chi connectivity index (χ1n) is 4.85. The molecule has 86 valence electrons. The highest BCUT2D eigenvalue weighted by Gasteiger charge is 2.09. The zero-order valence-corrected chi connectivity index (χ0v) is 9.76. The van der Waals surface area contributed by atoms with Crippen LogP contribution in [0.2, 0.25) is 0 Å². The lowest BCUT2D eigenvalue weighted by atomic mass is 10.2. The van der Waals surface area contributed by atoms with E-state index >= 15 is 0 Å². The van der Waals surface area contributed by atoms with Crippen molar-refractivity contribution in [2.24, 2.45) is 5.92 Å². The first-order chi connectivity index (χ1) is 6.99. The number of hydrogen-bond donors (Lipinski definition) is 3. The van der Waals surface area contributed by atoms with E-state index in [4.69, 9.17) is 0 Å². The predicted octanol–water partition coefficient (Wildman–Crippen LogP) is 0.595. The molecule has 0 aliphatic rings. The Kier molecular flexibility index (Phi) is 4.31. The Hall–Kier alpha value is -0.850. The SMILES string of the molecule is CC(C)CNS(=O)(=O)NCc1cc[nH]c1. The summed E-state index contributed by atoms with van der Waals surface area (Å²) in [5.74, 6) is 0.300. The summed E-state index contributed by atoms with van der Waals surface area (Å²) < 4.78 is 27.7. The van der Waals surface area contributed by atoms with Crippen LogP contribution in [0.3, 0.4) is 0 Å². The van der Waals surface area contributed by atoms with Gasteiger partial charge in [-0.2, -0.15) is 13.1 Å². The molecule has 15 heavy (non-hydrogen) atoms. The van der Waals surface area contributed by atoms with Crippen LogP contribution in [-0.4, -0.2) is 19.9 Å². The first kappa shape index (κ1) is 12.2. The minimum atomic E-state index is -3.37. The van der Waals surface area contributed by atoms with Crippen molar-refractivity contribution in [3.05, 3.63) is 24.0 Å². The van der Waals surface area contributed by atoms with Gasteiger partial charge in [0.25, 0.3) is 10.2 Å². The molecule has 0 spiro atoms. The lowest BCUT2D eigenvalue weighted by Gasteiger charge is -2.09. The average molecular weight is 231 g/mol. The monoisotopic (exact) mass is 231 g/mol. The summed E-state index contributed by atoms with van der Waals surface area (Å²) in [5.41, 5.74) is 0.907. The van der Waals surface area contributed by atoms with Crippen molar-refractivity contribution in [2.45, 2.75) is 20.4 Å². The summed E-state index contributed by atoms with van der Waals surface area (Å²) in [4.78, 5) is 2.86. The summed E-state index contributed by atoms with van der Waals surface area (Å²) in [7, 11) is -3.37. The summed E-state index contributed by atoms with van der Waals surface area (Å²) in [5, 5.41) is 0. The van der Waals surface area contributed by atoms with E-state index in [2.05, 4.69) is 14.4 Å². The summed E-state index contributed by atoms with van der Waals surface area (Å²) in [6.45, 7) is 4.66. The van der Waals surface area contributed by atoms with E-state index in [9.17, 15) is 8.42 Å². The van der Waals surface area contributed by atoms with E-state index in [1.807, 2.05) is 19.9 Å². The quantitative estimate of drug-likeness (QED) is 0.670. The fraction of sp³-hybridized carbons (Fsp3) is 0.556. The molecule has 0 radical (unpaired) electrons. The maximum atomic E-state index is 11.4. The second-order valence-electron chi connectivity index (χ2n) is 3.79. The van der Waals surface area contributed by atoms with Gasteiger partial charge in [-0.05, 0) is 17.5 Å². The highest BCUT2D eigenvalue weighted by atomic mass is 32.2. The van der Waals surface area contributed by atoms with Gasteiger partial charge in [-0.1, -0.05) is 13.8 Å². The van der Waals surface area contributed by atoms with Crippen LogP contribution in [0.1, 0.15) is 19.4 Å². The molecule has 0 saturated carbocycles. The maximum Gasteiger partial charge on any atom is 0.277 e. The third-order valence-electron chi connectivity index (χ3n) is 1.81. The molecular formula is C9H17N3O2S. The van der Waals surface area contributed by atoms with E-state index in [1.165, 1.54) is 0 Å². The Morgan fingerprint density at radius 1 is 1.40 bits per heavy atom. The van der Waals surface area contributed by atoms with Crippen LogP contribution in [0.4, 0.5) is 0 Å². The van der Waals surface area contributed by atoms with Crippen molar-refractivity contribution in [1.29, 1.82) is 0 Å². The Morgan fingerprint density at radius 3 is 2.67 bits per heavy atom. The van der Waals surface area contributed by atoms with Gasteiger partial charge < -0.3 is 4.98 Å². The standard InChI is InChI=1S/C9H17N3O2S/c1-8(2)5-11-15(13,14)12-7-9-3-4-10-6-9/h3-4,6,8,10-12H,5,7H2,1-2H3. The zero-order valence-electron chi connectivity index (χ0n) is 8.95. The highest BCUT2D eigenvalue weighted by molar-refractivity contribution is 7.87. The second-order valence-corrected chi connectivity index (χ2v) is 5.37. The lowest BCUT2D eigenvalue weighted by Crippen LogP contribution is -2.37. The third-order valence-corrected chi connectivity index (χ3v) is 2.88. The van der Waals surface area contributed by atoms with Gasteiger partial charge in [-0.25, -0.2) is 4.72 Å². The molecule has 1 aromatic heterocycles. The van der Waals surface area contributed by atoms with Crippen LogP contribution in [0.25, 0.3) is 0 Å². The van der Waals surface area contributed by atoms with E-state index in [1.54, 1.807) is 12.4 Å². The minimum absolute atomic E-state index is 0.300. The molecule has 0 amide bonds. The van der Waals surface area contributed by atoms with Crippen molar-refractivity contribution in [2.75, 3.05) is 6.54 Å². The molecular weight excluding hydrogens is 214 g/mol. The Balaban J connectivity index is 2.37. The van der Waals surface area contributed by atoms with Crippen LogP contribution >= 0.6 is 0 Å². The van der Waals surface area contributed by atoms with Gasteiger partial charge in [0.15, 0.2) is 0 Å². The van der Waals surface area contributed by atoms with Gasteiger partial charge in [0.2, 0.25) is 0 Å². The maximum absolute atomic E-state index is 11.4. The Morgan fingerprint density at radius 2 is 2.13 bits per heavy atom. The van der Waals surface area contributed by atoms with Crippen LogP contribution in [0.5, 0.6) is 0 Å². The van der Waals surface area contributed by atoms with Gasteiger partial charge >= 0.3 is 0 Å². The lowest BCUT2D eigenvalue weighted by molar-refractivity contribution is 0.547. The molecule has 0 bridgehead atoms. The molecule has 0 unspecified atom stereocenters. The fourth-order valence-corrected chi connectivity index (χ4v) is 1.99. The van der Waals surface area contributed by atoms with E-state index in [-0.39, 0.29) is 0 Å². The minimum Gasteiger partial charge on any atom is -0.367 e. The van der Waals surface area contributed by atoms with Gasteiger partial charge in [-0.3, -0.25) is 0 Å².